The lowest BCUT2D eigenvalue weighted by molar-refractivity contribution is -0.130. The Morgan fingerprint density at radius 2 is 1.93 bits per heavy atom. The molecule has 0 saturated carbocycles. The first-order valence-electron chi connectivity index (χ1n) is 10.3. The maximum absolute atomic E-state index is 12.5. The van der Waals surface area contributed by atoms with Gasteiger partial charge in [-0.25, -0.2) is 4.52 Å². The number of benzene rings is 1. The number of carbonyl (C=O) groups excluding carboxylic acids is 1. The lowest BCUT2D eigenvalue weighted by Gasteiger charge is -2.26. The number of amides is 1. The monoisotopic (exact) mass is 420 g/mol. The molecular formula is C22H24N6OS. The lowest BCUT2D eigenvalue weighted by atomic mass is 10.0. The van der Waals surface area contributed by atoms with E-state index in [4.69, 9.17) is 5.10 Å². The molecule has 1 aliphatic rings. The van der Waals surface area contributed by atoms with E-state index >= 15 is 0 Å². The molecule has 5 rings (SSSR count). The van der Waals surface area contributed by atoms with Gasteiger partial charge in [-0.2, -0.15) is 16.9 Å². The molecule has 0 radical (unpaired) electrons. The Hall–Kier alpha value is -2.87. The van der Waals surface area contributed by atoms with Crippen LogP contribution in [0.2, 0.25) is 0 Å². The van der Waals surface area contributed by atoms with Crippen LogP contribution in [0.1, 0.15) is 23.4 Å². The molecule has 1 amide bonds. The normalized spacial score (nSPS) is 14.7. The van der Waals surface area contributed by atoms with Gasteiger partial charge in [0.1, 0.15) is 11.3 Å². The number of fused-ring (bicyclic) bond motifs is 3. The van der Waals surface area contributed by atoms with Gasteiger partial charge >= 0.3 is 0 Å². The molecule has 0 bridgehead atoms. The van der Waals surface area contributed by atoms with Gasteiger partial charge in [-0.05, 0) is 31.5 Å². The third-order valence-corrected chi connectivity index (χ3v) is 6.63. The summed E-state index contributed by atoms with van der Waals surface area (Å²) < 4.78 is 3.82. The molecule has 0 spiro atoms. The molecule has 0 N–H and O–H groups in total. The summed E-state index contributed by atoms with van der Waals surface area (Å²) in [5, 5.41) is 13.5. The van der Waals surface area contributed by atoms with Gasteiger partial charge < -0.3 is 4.90 Å². The molecule has 0 unspecified atom stereocenters. The van der Waals surface area contributed by atoms with E-state index in [1.165, 1.54) is 11.1 Å². The summed E-state index contributed by atoms with van der Waals surface area (Å²) in [4.78, 5) is 14.5. The number of hydrogen-bond donors (Lipinski definition) is 0. The average Bonchev–Trinajstić information content (AvgIpc) is 3.38. The van der Waals surface area contributed by atoms with Crippen molar-refractivity contribution in [2.75, 3.05) is 24.6 Å². The summed E-state index contributed by atoms with van der Waals surface area (Å²) in [6, 6.07) is 8.46. The zero-order chi connectivity index (χ0) is 20.7. The Kier molecular flexibility index (Phi) is 4.94. The third-order valence-electron chi connectivity index (χ3n) is 5.68. The topological polar surface area (TPSA) is 67.8 Å². The molecule has 1 aliphatic heterocycles. The van der Waals surface area contributed by atoms with Crippen molar-refractivity contribution in [3.05, 3.63) is 53.6 Å². The third kappa shape index (κ3) is 3.45. The SMILES string of the molecule is Cc1ccc(C)c(-c2cc3c4nnc(CCC(=O)N5CCSCC5)n4ccn3n2)c1. The molecule has 4 heterocycles. The molecule has 0 atom stereocenters. The number of carbonyl (C=O) groups is 1. The Bertz CT molecular complexity index is 1240. The van der Waals surface area contributed by atoms with Crippen molar-refractivity contribution in [3.8, 4) is 11.3 Å². The summed E-state index contributed by atoms with van der Waals surface area (Å²) in [5.41, 5.74) is 6.12. The fourth-order valence-electron chi connectivity index (χ4n) is 3.96. The van der Waals surface area contributed by atoms with Gasteiger partial charge in [-0.1, -0.05) is 17.7 Å². The Balaban J connectivity index is 1.44. The van der Waals surface area contributed by atoms with Crippen molar-refractivity contribution in [2.45, 2.75) is 26.7 Å². The minimum Gasteiger partial charge on any atom is -0.341 e. The van der Waals surface area contributed by atoms with E-state index in [0.717, 1.165) is 52.8 Å². The predicted molar refractivity (Wildman–Crippen MR) is 119 cm³/mol. The number of nitrogens with zero attached hydrogens (tertiary/aromatic N) is 6. The first-order chi connectivity index (χ1) is 14.6. The van der Waals surface area contributed by atoms with E-state index in [0.29, 0.717) is 12.8 Å². The van der Waals surface area contributed by atoms with Crippen LogP contribution in [0.25, 0.3) is 22.4 Å². The second-order valence-corrected chi connectivity index (χ2v) is 9.00. The molecule has 1 aromatic carbocycles. The number of hydrogen-bond acceptors (Lipinski definition) is 5. The standard InChI is InChI=1S/C22H24N6OS/c1-15-3-4-16(2)17(13-15)18-14-19-22-24-23-20(27(22)7-8-28(19)25-18)5-6-21(29)26-9-11-30-12-10-26/h3-4,7-8,13-14H,5-6,9-12H2,1-2H3. The lowest BCUT2D eigenvalue weighted by Crippen LogP contribution is -2.38. The van der Waals surface area contributed by atoms with Crippen LogP contribution in [0.5, 0.6) is 0 Å². The molecule has 4 aromatic rings. The van der Waals surface area contributed by atoms with Gasteiger partial charge in [0, 0.05) is 55.4 Å². The van der Waals surface area contributed by atoms with E-state index in [-0.39, 0.29) is 5.91 Å². The number of aromatic nitrogens is 5. The van der Waals surface area contributed by atoms with Crippen LogP contribution in [-0.4, -0.2) is 59.6 Å². The van der Waals surface area contributed by atoms with Gasteiger partial charge in [0.15, 0.2) is 5.65 Å². The van der Waals surface area contributed by atoms with E-state index in [9.17, 15) is 4.79 Å². The number of thioether (sulfide) groups is 1. The van der Waals surface area contributed by atoms with Crippen molar-refractivity contribution in [1.82, 2.24) is 29.1 Å². The van der Waals surface area contributed by atoms with Crippen LogP contribution in [0.15, 0.2) is 36.7 Å². The van der Waals surface area contributed by atoms with Crippen LogP contribution in [-0.2, 0) is 11.2 Å². The Labute approximate surface area is 179 Å². The minimum absolute atomic E-state index is 0.203. The Morgan fingerprint density at radius 3 is 2.77 bits per heavy atom. The summed E-state index contributed by atoms with van der Waals surface area (Å²) in [7, 11) is 0. The van der Waals surface area contributed by atoms with Crippen LogP contribution >= 0.6 is 11.8 Å². The summed E-state index contributed by atoms with van der Waals surface area (Å²) in [6.45, 7) is 5.89. The highest BCUT2D eigenvalue weighted by Gasteiger charge is 2.18. The van der Waals surface area contributed by atoms with Crippen LogP contribution in [0.3, 0.4) is 0 Å². The zero-order valence-electron chi connectivity index (χ0n) is 17.2. The van der Waals surface area contributed by atoms with Crippen molar-refractivity contribution < 1.29 is 4.79 Å². The van der Waals surface area contributed by atoms with Crippen molar-refractivity contribution in [2.24, 2.45) is 0 Å². The summed E-state index contributed by atoms with van der Waals surface area (Å²) in [6.07, 6.45) is 4.90. The minimum atomic E-state index is 0.203. The highest BCUT2D eigenvalue weighted by atomic mass is 32.2. The average molecular weight is 421 g/mol. The molecule has 1 fully saturated rings. The summed E-state index contributed by atoms with van der Waals surface area (Å²) >= 11 is 1.91. The van der Waals surface area contributed by atoms with Crippen LogP contribution in [0.4, 0.5) is 0 Å². The zero-order valence-corrected chi connectivity index (χ0v) is 18.0. The molecular weight excluding hydrogens is 396 g/mol. The highest BCUT2D eigenvalue weighted by molar-refractivity contribution is 7.99. The van der Waals surface area contributed by atoms with Gasteiger partial charge in [0.2, 0.25) is 5.91 Å². The maximum Gasteiger partial charge on any atom is 0.223 e. The van der Waals surface area contributed by atoms with E-state index < -0.39 is 0 Å². The van der Waals surface area contributed by atoms with Gasteiger partial charge in [0.25, 0.3) is 0 Å². The first-order valence-corrected chi connectivity index (χ1v) is 11.4. The van der Waals surface area contributed by atoms with E-state index in [2.05, 4.69) is 48.3 Å². The van der Waals surface area contributed by atoms with E-state index in [1.54, 1.807) is 0 Å². The fourth-order valence-corrected chi connectivity index (χ4v) is 4.87. The van der Waals surface area contributed by atoms with E-state index in [1.807, 2.05) is 38.0 Å². The van der Waals surface area contributed by atoms with Gasteiger partial charge in [-0.3, -0.25) is 9.20 Å². The molecule has 3 aromatic heterocycles. The summed E-state index contributed by atoms with van der Waals surface area (Å²) in [5.74, 6) is 3.07. The van der Waals surface area contributed by atoms with Crippen molar-refractivity contribution in [1.29, 1.82) is 0 Å². The van der Waals surface area contributed by atoms with Crippen molar-refractivity contribution in [3.63, 3.8) is 0 Å². The highest BCUT2D eigenvalue weighted by Crippen LogP contribution is 2.26. The molecule has 7 nitrogen and oxygen atoms in total. The van der Waals surface area contributed by atoms with Gasteiger partial charge in [-0.15, -0.1) is 10.2 Å². The van der Waals surface area contributed by atoms with Gasteiger partial charge in [0.05, 0.1) is 5.69 Å². The number of aryl methyl sites for hydroxylation is 3. The molecule has 154 valence electrons. The molecule has 1 saturated heterocycles. The first kappa shape index (κ1) is 19.1. The van der Waals surface area contributed by atoms with Crippen LogP contribution in [0, 0.1) is 13.8 Å². The number of rotatable bonds is 4. The second kappa shape index (κ2) is 7.75. The Morgan fingerprint density at radius 1 is 1.10 bits per heavy atom. The second-order valence-electron chi connectivity index (χ2n) is 7.78. The molecule has 0 aliphatic carbocycles. The molecule has 8 heteroatoms. The quantitative estimate of drug-likeness (QED) is 0.507. The molecule has 30 heavy (non-hydrogen) atoms. The predicted octanol–water partition coefficient (Wildman–Crippen LogP) is 3.17. The maximum atomic E-state index is 12.5. The smallest absolute Gasteiger partial charge is 0.223 e. The van der Waals surface area contributed by atoms with Crippen molar-refractivity contribution >= 4 is 28.8 Å². The largest absolute Gasteiger partial charge is 0.341 e. The fraction of sp³-hybridized carbons (Fsp3) is 0.364. The van der Waals surface area contributed by atoms with Crippen LogP contribution < -0.4 is 0 Å².